The first-order chi connectivity index (χ1) is 16.2. The molecule has 184 valence electrons. The lowest BCUT2D eigenvalue weighted by atomic mass is 10.1. The van der Waals surface area contributed by atoms with Gasteiger partial charge in [-0.15, -0.1) is 0 Å². The van der Waals surface area contributed by atoms with Gasteiger partial charge in [-0.05, 0) is 43.9 Å². The van der Waals surface area contributed by atoms with Gasteiger partial charge >= 0.3 is 0 Å². The van der Waals surface area contributed by atoms with E-state index in [4.69, 9.17) is 29.3 Å². The molecule has 0 saturated carbocycles. The van der Waals surface area contributed by atoms with Crippen LogP contribution in [0.25, 0.3) is 0 Å². The van der Waals surface area contributed by atoms with Crippen molar-refractivity contribution in [2.75, 3.05) is 26.4 Å². The number of aliphatic imine (C=N–C) groups is 2. The second kappa shape index (κ2) is 14.2. The third kappa shape index (κ3) is 8.33. The van der Waals surface area contributed by atoms with Crippen molar-refractivity contribution in [3.05, 3.63) is 29.3 Å². The van der Waals surface area contributed by atoms with E-state index < -0.39 is 0 Å². The van der Waals surface area contributed by atoms with Crippen LogP contribution in [0.4, 0.5) is 0 Å². The summed E-state index contributed by atoms with van der Waals surface area (Å²) in [7, 11) is 0. The maximum absolute atomic E-state index is 8.82. The van der Waals surface area contributed by atoms with E-state index >= 15 is 0 Å². The first-order valence-electron chi connectivity index (χ1n) is 13.0. The highest BCUT2D eigenvalue weighted by Gasteiger charge is 2.23. The average Bonchev–Trinajstić information content (AvgIpc) is 3.52. The fourth-order valence-electron chi connectivity index (χ4n) is 4.14. The summed E-state index contributed by atoms with van der Waals surface area (Å²) >= 11 is 0. The van der Waals surface area contributed by atoms with Crippen LogP contribution in [0.3, 0.4) is 0 Å². The molecular formula is C27H42N2O4. The van der Waals surface area contributed by atoms with Crippen molar-refractivity contribution in [3.63, 3.8) is 0 Å². The van der Waals surface area contributed by atoms with E-state index in [9.17, 15) is 0 Å². The molecule has 2 aliphatic rings. The normalized spacial score (nSPS) is 19.7. The third-order valence-corrected chi connectivity index (χ3v) is 6.34. The van der Waals surface area contributed by atoms with Crippen molar-refractivity contribution in [1.29, 1.82) is 0 Å². The molecule has 1 aromatic rings. The van der Waals surface area contributed by atoms with Crippen LogP contribution < -0.4 is 4.74 Å². The summed E-state index contributed by atoms with van der Waals surface area (Å²) in [4.78, 5) is 9.45. The molecule has 0 aliphatic carbocycles. The van der Waals surface area contributed by atoms with Gasteiger partial charge in [-0.2, -0.15) is 0 Å². The van der Waals surface area contributed by atoms with E-state index in [1.54, 1.807) is 0 Å². The van der Waals surface area contributed by atoms with Gasteiger partial charge in [0.05, 0.1) is 18.7 Å². The van der Waals surface area contributed by atoms with Gasteiger partial charge < -0.3 is 19.3 Å². The molecule has 0 aromatic heterocycles. The minimum atomic E-state index is 0.229. The molecule has 6 nitrogen and oxygen atoms in total. The van der Waals surface area contributed by atoms with Gasteiger partial charge in [0.2, 0.25) is 11.8 Å². The van der Waals surface area contributed by atoms with E-state index in [-0.39, 0.29) is 12.1 Å². The first-order valence-corrected chi connectivity index (χ1v) is 13.0. The molecule has 1 aromatic carbocycles. The Morgan fingerprint density at radius 3 is 1.70 bits per heavy atom. The molecule has 0 saturated heterocycles. The fraction of sp³-hybridized carbons (Fsp3) is 0.704. The van der Waals surface area contributed by atoms with Gasteiger partial charge in [0.25, 0.3) is 0 Å². The molecule has 0 bridgehead atoms. The number of aliphatic hydroxyl groups is 1. The summed E-state index contributed by atoms with van der Waals surface area (Å²) < 4.78 is 17.9. The minimum absolute atomic E-state index is 0.229. The van der Waals surface area contributed by atoms with Gasteiger partial charge in [-0.3, -0.25) is 0 Å². The quantitative estimate of drug-likeness (QED) is 0.324. The second-order valence-electron chi connectivity index (χ2n) is 9.11. The number of hydrogen-bond donors (Lipinski definition) is 1. The Labute approximate surface area is 199 Å². The van der Waals surface area contributed by atoms with E-state index in [0.29, 0.717) is 38.2 Å². The van der Waals surface area contributed by atoms with Crippen LogP contribution in [0, 0.1) is 0 Å². The fourth-order valence-corrected chi connectivity index (χ4v) is 4.14. The van der Waals surface area contributed by atoms with E-state index in [1.165, 1.54) is 38.5 Å². The topological polar surface area (TPSA) is 72.6 Å². The first kappa shape index (κ1) is 25.5. The van der Waals surface area contributed by atoms with Crippen LogP contribution in [0.1, 0.15) is 95.6 Å². The number of aliphatic hydroxyl groups excluding tert-OH is 1. The Balaban J connectivity index is 1.51. The zero-order chi connectivity index (χ0) is 23.3. The number of ether oxygens (including phenoxy) is 3. The largest absolute Gasteiger partial charge is 0.494 e. The molecule has 2 heterocycles. The molecular weight excluding hydrogens is 416 g/mol. The average molecular weight is 459 g/mol. The SMILES string of the molecule is CC[C@@H]1COC(c2cc(OCCCCCCCCCCCO)cc(C3=N[C@H](CC)CO3)c2)=N1. The van der Waals surface area contributed by atoms with Gasteiger partial charge in [0.1, 0.15) is 19.0 Å². The van der Waals surface area contributed by atoms with E-state index in [2.05, 4.69) is 19.9 Å². The lowest BCUT2D eigenvalue weighted by molar-refractivity contribution is 0.282. The summed E-state index contributed by atoms with van der Waals surface area (Å²) in [5.74, 6) is 2.21. The lowest BCUT2D eigenvalue weighted by Gasteiger charge is -2.11. The van der Waals surface area contributed by atoms with Crippen molar-refractivity contribution >= 4 is 11.8 Å². The van der Waals surface area contributed by atoms with E-state index in [0.717, 1.165) is 49.0 Å². The third-order valence-electron chi connectivity index (χ3n) is 6.34. The Morgan fingerprint density at radius 2 is 1.24 bits per heavy atom. The van der Waals surface area contributed by atoms with E-state index in [1.807, 2.05) is 12.1 Å². The van der Waals surface area contributed by atoms with Crippen LogP contribution in [0.2, 0.25) is 0 Å². The van der Waals surface area contributed by atoms with Gasteiger partial charge in [-0.1, -0.05) is 58.8 Å². The number of nitrogens with zero attached hydrogens (tertiary/aromatic N) is 2. The standard InChI is InChI=1S/C27H42N2O4/c1-3-23-19-32-26(28-23)21-16-22(27-29-24(4-2)20-33-27)18-25(17-21)31-15-13-11-9-7-5-6-8-10-12-14-30/h16-18,23-24,30H,3-15,19-20H2,1-2H3/t23-,24-/m1/s1. The predicted octanol–water partition coefficient (Wildman–Crippen LogP) is 5.68. The number of unbranched alkanes of at least 4 members (excludes halogenated alkanes) is 8. The molecule has 1 N–H and O–H groups in total. The molecule has 0 spiro atoms. The zero-order valence-electron chi connectivity index (χ0n) is 20.6. The summed E-state index contributed by atoms with van der Waals surface area (Å²) in [5.41, 5.74) is 1.87. The van der Waals surface area contributed by atoms with Crippen molar-refractivity contribution in [2.45, 2.75) is 96.6 Å². The van der Waals surface area contributed by atoms with Gasteiger partial charge in [0, 0.05) is 17.7 Å². The van der Waals surface area contributed by atoms with Crippen LogP contribution in [-0.4, -0.2) is 55.4 Å². The molecule has 33 heavy (non-hydrogen) atoms. The van der Waals surface area contributed by atoms with Crippen LogP contribution in [0.5, 0.6) is 5.75 Å². The lowest BCUT2D eigenvalue weighted by Crippen LogP contribution is -2.08. The summed E-state index contributed by atoms with van der Waals surface area (Å²) in [6.07, 6.45) is 12.6. The molecule has 2 aliphatic heterocycles. The van der Waals surface area contributed by atoms with Gasteiger partial charge in [0.15, 0.2) is 0 Å². The molecule has 2 atom stereocenters. The predicted molar refractivity (Wildman–Crippen MR) is 134 cm³/mol. The van der Waals surface area contributed by atoms with Crippen molar-refractivity contribution in [2.24, 2.45) is 9.98 Å². The molecule has 0 radical (unpaired) electrons. The molecule has 0 unspecified atom stereocenters. The smallest absolute Gasteiger partial charge is 0.216 e. The molecule has 0 fully saturated rings. The highest BCUT2D eigenvalue weighted by atomic mass is 16.5. The maximum atomic E-state index is 8.82. The maximum Gasteiger partial charge on any atom is 0.216 e. The second-order valence-corrected chi connectivity index (χ2v) is 9.11. The van der Waals surface area contributed by atoms with Crippen molar-refractivity contribution in [3.8, 4) is 5.75 Å². The van der Waals surface area contributed by atoms with Gasteiger partial charge in [-0.25, -0.2) is 9.98 Å². The minimum Gasteiger partial charge on any atom is -0.494 e. The van der Waals surface area contributed by atoms with Crippen LogP contribution in [-0.2, 0) is 9.47 Å². The van der Waals surface area contributed by atoms with Crippen molar-refractivity contribution in [1.82, 2.24) is 0 Å². The Hall–Kier alpha value is -2.08. The molecule has 3 rings (SSSR count). The Kier molecular flexibility index (Phi) is 11.0. The molecule has 6 heteroatoms. The monoisotopic (exact) mass is 458 g/mol. The van der Waals surface area contributed by atoms with Crippen LogP contribution >= 0.6 is 0 Å². The number of hydrogen-bond acceptors (Lipinski definition) is 6. The molecule has 0 amide bonds. The summed E-state index contributed by atoms with van der Waals surface area (Å²) in [6.45, 7) is 6.58. The highest BCUT2D eigenvalue weighted by Crippen LogP contribution is 2.25. The zero-order valence-corrected chi connectivity index (χ0v) is 20.6. The summed E-state index contributed by atoms with van der Waals surface area (Å²) in [5, 5.41) is 8.82. The number of rotatable bonds is 16. The highest BCUT2D eigenvalue weighted by molar-refractivity contribution is 6.01. The summed E-state index contributed by atoms with van der Waals surface area (Å²) in [6, 6.07) is 6.57. The van der Waals surface area contributed by atoms with Crippen molar-refractivity contribution < 1.29 is 19.3 Å². The number of benzene rings is 1. The Bertz CT molecular complexity index is 729. The van der Waals surface area contributed by atoms with Crippen LogP contribution in [0.15, 0.2) is 28.2 Å². The Morgan fingerprint density at radius 1 is 0.758 bits per heavy atom.